The second-order valence-corrected chi connectivity index (χ2v) is 6.18. The fraction of sp³-hybridized carbons (Fsp3) is 0.400. The lowest BCUT2D eigenvalue weighted by atomic mass is 9.97. The minimum Gasteiger partial charge on any atom is -0.420 e. The Morgan fingerprint density at radius 1 is 0.767 bits per heavy atom. The minimum atomic E-state index is -2.35. The van der Waals surface area contributed by atoms with Gasteiger partial charge in [0.05, 0.1) is 18.9 Å². The molecule has 2 N–H and O–H groups in total. The average molecular weight is 426 g/mol. The van der Waals surface area contributed by atoms with Crippen molar-refractivity contribution in [2.75, 3.05) is 0 Å². The lowest BCUT2D eigenvalue weighted by Crippen LogP contribution is -2.52. The first-order chi connectivity index (χ1) is 13.9. The first kappa shape index (κ1) is 26.8. The Morgan fingerprint density at radius 3 is 1.40 bits per heavy atom. The molecule has 0 aromatic rings. The van der Waals surface area contributed by atoms with Gasteiger partial charge < -0.3 is 29.2 Å². The summed E-state index contributed by atoms with van der Waals surface area (Å²) in [6.45, 7) is 15.2. The molecule has 2 atom stereocenters. The minimum absolute atomic E-state index is 0.558. The van der Waals surface area contributed by atoms with Crippen LogP contribution in [0.3, 0.4) is 0 Å². The second kappa shape index (κ2) is 11.7. The topological polar surface area (TPSA) is 146 Å². The average Bonchev–Trinajstić information content (AvgIpc) is 2.66. The van der Waals surface area contributed by atoms with Crippen molar-refractivity contribution in [1.82, 2.24) is 0 Å². The molecule has 0 heterocycles. The summed E-state index contributed by atoms with van der Waals surface area (Å²) in [4.78, 5) is 46.7. The number of aliphatic hydroxyl groups is 2. The maximum absolute atomic E-state index is 11.7. The zero-order valence-electron chi connectivity index (χ0n) is 16.9. The highest BCUT2D eigenvalue weighted by Gasteiger charge is 2.47. The lowest BCUT2D eigenvalue weighted by Gasteiger charge is -2.37. The van der Waals surface area contributed by atoms with Crippen molar-refractivity contribution in [2.45, 2.75) is 50.5 Å². The predicted molar refractivity (Wildman–Crippen MR) is 103 cm³/mol. The molecule has 30 heavy (non-hydrogen) atoms. The number of aliphatic hydroxyl groups excluding tert-OH is 2. The largest absolute Gasteiger partial charge is 0.420 e. The van der Waals surface area contributed by atoms with E-state index in [2.05, 4.69) is 26.3 Å². The van der Waals surface area contributed by atoms with Crippen molar-refractivity contribution >= 4 is 23.9 Å². The zero-order chi connectivity index (χ0) is 23.5. The summed E-state index contributed by atoms with van der Waals surface area (Å²) in [6, 6.07) is 0. The van der Waals surface area contributed by atoms with Gasteiger partial charge in [0.2, 0.25) is 0 Å². The molecular formula is C20H26O10. The molecule has 0 aliphatic carbocycles. The molecule has 10 heteroatoms. The molecule has 10 nitrogen and oxygen atoms in total. The molecule has 0 spiro atoms. The van der Waals surface area contributed by atoms with Gasteiger partial charge in [0, 0.05) is 31.2 Å². The standard InChI is InChI=1S/C20H26O10/c1-7-15(23)27-19(6,28-16(24)8-2)11-14(22)12-20(13(5)21,29-17(25)9-3)30-18(26)10-4/h7-10,13-14,21-22H,1-4,11-12H2,5-6H3. The van der Waals surface area contributed by atoms with Gasteiger partial charge in [-0.3, -0.25) is 0 Å². The quantitative estimate of drug-likeness (QED) is 0.247. The van der Waals surface area contributed by atoms with Crippen molar-refractivity contribution in [3.05, 3.63) is 50.6 Å². The first-order valence-corrected chi connectivity index (χ1v) is 8.64. The smallest absolute Gasteiger partial charge is 0.333 e. The van der Waals surface area contributed by atoms with Gasteiger partial charge in [0.25, 0.3) is 11.6 Å². The normalized spacial score (nSPS) is 13.1. The van der Waals surface area contributed by atoms with Crippen molar-refractivity contribution in [3.8, 4) is 0 Å². The molecule has 0 amide bonds. The monoisotopic (exact) mass is 426 g/mol. The number of rotatable bonds is 13. The van der Waals surface area contributed by atoms with E-state index < -0.39 is 60.5 Å². The third-order valence-electron chi connectivity index (χ3n) is 3.61. The van der Waals surface area contributed by atoms with E-state index in [-0.39, 0.29) is 0 Å². The van der Waals surface area contributed by atoms with E-state index in [4.69, 9.17) is 18.9 Å². The van der Waals surface area contributed by atoms with Crippen LogP contribution in [-0.2, 0) is 38.1 Å². The summed E-state index contributed by atoms with van der Waals surface area (Å²) in [7, 11) is 0. The highest BCUT2D eigenvalue weighted by atomic mass is 16.7. The third-order valence-corrected chi connectivity index (χ3v) is 3.61. The molecule has 0 aliphatic heterocycles. The van der Waals surface area contributed by atoms with Crippen LogP contribution in [0, 0.1) is 0 Å². The highest BCUT2D eigenvalue weighted by molar-refractivity contribution is 5.84. The van der Waals surface area contributed by atoms with Crippen LogP contribution in [0.25, 0.3) is 0 Å². The molecule has 2 unspecified atom stereocenters. The van der Waals surface area contributed by atoms with E-state index >= 15 is 0 Å². The fourth-order valence-electron chi connectivity index (χ4n) is 2.31. The number of esters is 4. The van der Waals surface area contributed by atoms with Crippen LogP contribution in [0.15, 0.2) is 50.6 Å². The van der Waals surface area contributed by atoms with Crippen molar-refractivity contribution < 1.29 is 48.3 Å². The fourth-order valence-corrected chi connectivity index (χ4v) is 2.31. The van der Waals surface area contributed by atoms with Crippen molar-refractivity contribution in [1.29, 1.82) is 0 Å². The molecule has 0 saturated carbocycles. The van der Waals surface area contributed by atoms with Gasteiger partial charge in [-0.15, -0.1) is 0 Å². The summed E-state index contributed by atoms with van der Waals surface area (Å²) in [6.07, 6.45) is -1.31. The Kier molecular flexibility index (Phi) is 10.4. The molecule has 0 aliphatic rings. The number of ether oxygens (including phenoxy) is 4. The van der Waals surface area contributed by atoms with Gasteiger partial charge in [-0.25, -0.2) is 19.2 Å². The molecule has 0 saturated heterocycles. The highest BCUT2D eigenvalue weighted by Crippen LogP contribution is 2.30. The summed E-state index contributed by atoms with van der Waals surface area (Å²) in [5, 5.41) is 20.7. The third kappa shape index (κ3) is 8.41. The Bertz CT molecular complexity index is 662. The van der Waals surface area contributed by atoms with Crippen molar-refractivity contribution in [2.24, 2.45) is 0 Å². The molecule has 0 rings (SSSR count). The molecular weight excluding hydrogens is 400 g/mol. The van der Waals surface area contributed by atoms with E-state index in [0.717, 1.165) is 31.2 Å². The molecule has 0 radical (unpaired) electrons. The Hall–Kier alpha value is -3.24. The number of hydrogen-bond donors (Lipinski definition) is 2. The Balaban J connectivity index is 5.86. The molecule has 166 valence electrons. The summed E-state index contributed by atoms with van der Waals surface area (Å²) < 4.78 is 20.0. The van der Waals surface area contributed by atoms with Gasteiger partial charge in [-0.2, -0.15) is 0 Å². The van der Waals surface area contributed by atoms with Crippen LogP contribution in [0.5, 0.6) is 0 Å². The van der Waals surface area contributed by atoms with Gasteiger partial charge in [0.15, 0.2) is 0 Å². The maximum Gasteiger partial charge on any atom is 0.333 e. The number of hydrogen-bond acceptors (Lipinski definition) is 10. The van der Waals surface area contributed by atoms with Crippen LogP contribution in [0.1, 0.15) is 26.7 Å². The molecule has 0 aromatic carbocycles. The number of carbonyl (C=O) groups is 4. The van der Waals surface area contributed by atoms with E-state index in [0.29, 0.717) is 0 Å². The zero-order valence-corrected chi connectivity index (χ0v) is 16.9. The van der Waals surface area contributed by atoms with Crippen LogP contribution >= 0.6 is 0 Å². The van der Waals surface area contributed by atoms with Crippen LogP contribution in [-0.4, -0.2) is 57.9 Å². The second-order valence-electron chi connectivity index (χ2n) is 6.18. The lowest BCUT2D eigenvalue weighted by molar-refractivity contribution is -0.267. The van der Waals surface area contributed by atoms with E-state index in [9.17, 15) is 29.4 Å². The van der Waals surface area contributed by atoms with Crippen molar-refractivity contribution in [3.63, 3.8) is 0 Å². The van der Waals surface area contributed by atoms with Gasteiger partial charge >= 0.3 is 23.9 Å². The first-order valence-electron chi connectivity index (χ1n) is 8.64. The summed E-state index contributed by atoms with van der Waals surface area (Å²) in [5.74, 6) is -8.37. The van der Waals surface area contributed by atoms with Crippen LogP contribution in [0.2, 0.25) is 0 Å². The van der Waals surface area contributed by atoms with E-state index in [1.54, 1.807) is 0 Å². The molecule has 0 fully saturated rings. The molecule has 0 bridgehead atoms. The Labute approximate surface area is 174 Å². The van der Waals surface area contributed by atoms with Gasteiger partial charge in [0.1, 0.15) is 6.10 Å². The number of carbonyl (C=O) groups excluding carboxylic acids is 4. The van der Waals surface area contributed by atoms with Gasteiger partial charge in [-0.05, 0) is 6.92 Å². The van der Waals surface area contributed by atoms with Gasteiger partial charge in [-0.1, -0.05) is 26.3 Å². The SMILES string of the molecule is C=CC(=O)OC(C)(CC(O)CC(OC(=O)C=C)(OC(=O)C=C)C(C)O)OC(=O)C=C. The van der Waals surface area contributed by atoms with Crippen LogP contribution < -0.4 is 0 Å². The van der Waals surface area contributed by atoms with E-state index in [1.807, 2.05) is 0 Å². The maximum atomic E-state index is 11.7. The predicted octanol–water partition coefficient (Wildman–Crippen LogP) is 0.838. The summed E-state index contributed by atoms with van der Waals surface area (Å²) in [5.41, 5.74) is 0. The van der Waals surface area contributed by atoms with Crippen LogP contribution in [0.4, 0.5) is 0 Å². The molecule has 0 aromatic heterocycles. The Morgan fingerprint density at radius 2 is 1.10 bits per heavy atom. The van der Waals surface area contributed by atoms with E-state index in [1.165, 1.54) is 6.92 Å². The summed E-state index contributed by atoms with van der Waals surface area (Å²) >= 11 is 0.